The molecule has 3 amide bonds. The number of carbonyl (C=O) groups excluding carboxylic acids is 4. The fraction of sp³-hybridized carbons (Fsp3) is 0.520. The third-order valence-electron chi connectivity index (χ3n) is 12.0. The quantitative estimate of drug-likeness (QED) is 0.0581. The Kier molecular flexibility index (Phi) is 18.3. The Morgan fingerprint density at radius 1 is 0.877 bits per heavy atom. The summed E-state index contributed by atoms with van der Waals surface area (Å²) >= 11 is 1.58. The van der Waals surface area contributed by atoms with Crippen molar-refractivity contribution >= 4 is 34.8 Å². The second kappa shape index (κ2) is 24.0. The van der Waals surface area contributed by atoms with Crippen LogP contribution < -0.4 is 10.6 Å². The van der Waals surface area contributed by atoms with Gasteiger partial charge in [0, 0.05) is 62.6 Å². The van der Waals surface area contributed by atoms with Crippen LogP contribution in [0.15, 0.2) is 66.4 Å². The number of nitrogens with zero attached hydrogens (tertiary/aromatic N) is 3. The summed E-state index contributed by atoms with van der Waals surface area (Å²) in [7, 11) is 0. The van der Waals surface area contributed by atoms with E-state index in [2.05, 4.69) is 44.9 Å². The number of thiazole rings is 1. The molecule has 2 aromatic carbocycles. The molecule has 0 radical (unpaired) electrons. The van der Waals surface area contributed by atoms with Crippen LogP contribution in [0.2, 0.25) is 0 Å². The molecule has 3 N–H and O–H groups in total. The van der Waals surface area contributed by atoms with Crippen molar-refractivity contribution in [3.63, 3.8) is 0 Å². The predicted octanol–water partition coefficient (Wildman–Crippen LogP) is 6.05. The number of aromatic nitrogens is 2. The van der Waals surface area contributed by atoms with Crippen LogP contribution >= 0.6 is 11.3 Å². The average molecular weight is 912 g/mol. The zero-order chi connectivity index (χ0) is 46.3. The molecule has 1 aliphatic carbocycles. The molecule has 0 unspecified atom stereocenters. The Morgan fingerprint density at radius 3 is 2.25 bits per heavy atom. The van der Waals surface area contributed by atoms with Gasteiger partial charge in [-0.05, 0) is 71.6 Å². The molecule has 14 nitrogen and oxygen atoms in total. The molecule has 3 heterocycles. The number of aryl methyl sites for hydroxylation is 2. The average Bonchev–Trinajstić information content (AvgIpc) is 4.01. The van der Waals surface area contributed by atoms with Crippen LogP contribution in [0.1, 0.15) is 87.4 Å². The number of hydrogen-bond acceptors (Lipinski definition) is 12. The Hall–Kier alpha value is -4.90. The highest BCUT2D eigenvalue weighted by molar-refractivity contribution is 7.13. The summed E-state index contributed by atoms with van der Waals surface area (Å²) in [5.74, 6) is -1.44. The number of amides is 3. The number of nitrogens with one attached hydrogen (secondary N) is 2. The number of aliphatic hydroxyl groups excluding tert-OH is 1. The first-order valence-electron chi connectivity index (χ1n) is 22.7. The normalized spacial score (nSPS) is 16.5. The molecular weight excluding hydrogens is 847 g/mol. The second-order valence-electron chi connectivity index (χ2n) is 17.9. The Bertz CT molecular complexity index is 2210. The van der Waals surface area contributed by atoms with E-state index in [1.807, 2.05) is 76.8 Å². The van der Waals surface area contributed by atoms with Crippen LogP contribution in [0.25, 0.3) is 21.6 Å². The molecule has 4 atom stereocenters. The van der Waals surface area contributed by atoms with Crippen LogP contribution in [0, 0.1) is 18.3 Å². The van der Waals surface area contributed by atoms with Gasteiger partial charge < -0.3 is 39.6 Å². The van der Waals surface area contributed by atoms with Gasteiger partial charge in [0.15, 0.2) is 0 Å². The molecule has 0 bridgehead atoms. The molecule has 4 aromatic rings. The highest BCUT2D eigenvalue weighted by Crippen LogP contribution is 2.37. The number of likely N-dealkylation sites (tertiary alicyclic amines) is 1. The van der Waals surface area contributed by atoms with Gasteiger partial charge in [-0.3, -0.25) is 24.2 Å². The minimum atomic E-state index is -0.844. The van der Waals surface area contributed by atoms with E-state index in [-0.39, 0.29) is 62.0 Å². The van der Waals surface area contributed by atoms with Crippen molar-refractivity contribution < 1.29 is 43.2 Å². The van der Waals surface area contributed by atoms with E-state index in [0.717, 1.165) is 33.7 Å². The fourth-order valence-electron chi connectivity index (χ4n) is 8.29. The van der Waals surface area contributed by atoms with E-state index in [1.165, 1.54) is 27.2 Å². The van der Waals surface area contributed by atoms with E-state index >= 15 is 0 Å². The van der Waals surface area contributed by atoms with Crippen LogP contribution in [-0.4, -0.2) is 122 Å². The summed E-state index contributed by atoms with van der Waals surface area (Å²) in [6.07, 6.45) is 5.19. The number of fused-ring (bicyclic) bond motifs is 3. The number of ether oxygens (including phenoxy) is 4. The third kappa shape index (κ3) is 14.3. The highest BCUT2D eigenvalue weighted by Gasteiger charge is 2.44. The van der Waals surface area contributed by atoms with Crippen molar-refractivity contribution in [1.82, 2.24) is 25.5 Å². The minimum absolute atomic E-state index is 0.00370. The summed E-state index contributed by atoms with van der Waals surface area (Å²) in [6, 6.07) is 15.3. The van der Waals surface area contributed by atoms with Crippen LogP contribution in [0.5, 0.6) is 0 Å². The largest absolute Gasteiger partial charge is 0.391 e. The van der Waals surface area contributed by atoms with E-state index in [4.69, 9.17) is 18.9 Å². The molecule has 1 saturated heterocycles. The summed E-state index contributed by atoms with van der Waals surface area (Å²) < 4.78 is 22.4. The van der Waals surface area contributed by atoms with Crippen molar-refractivity contribution in [3.05, 3.63) is 94.4 Å². The van der Waals surface area contributed by atoms with Gasteiger partial charge in [0.05, 0.1) is 81.1 Å². The summed E-state index contributed by atoms with van der Waals surface area (Å²) in [4.78, 5) is 64.3. The summed E-state index contributed by atoms with van der Waals surface area (Å²) in [6.45, 7) is 12.9. The standard InChI is InChI=1S/C50H65N5O9S/c1-33(36-8-10-37(11-9-36)47-34(2)53-32-65-47)54-48(59)45-29-41(57)31-55(45)49(60)44(50(3,4)5)28-40(56)15-18-61-20-22-63-24-25-64-23-21-62-19-17-52-46(58)13-7-35-6-12-42-39(26-35)27-38-14-16-51-30-43(38)42/h6,8-12,14,16,26,30,32-33,41,44-45,57H,7,13,15,17-25,27-29,31H2,1-5H3,(H,52,58)(H,54,59)/t33-,41+,44+,45-/m0/s1. The number of benzene rings is 2. The molecule has 350 valence electrons. The van der Waals surface area contributed by atoms with E-state index in [9.17, 15) is 24.3 Å². The van der Waals surface area contributed by atoms with Crippen molar-refractivity contribution in [1.29, 1.82) is 0 Å². The molecule has 0 saturated carbocycles. The van der Waals surface area contributed by atoms with Gasteiger partial charge in [-0.25, -0.2) is 4.98 Å². The Balaban J connectivity index is 0.782. The van der Waals surface area contributed by atoms with Crippen molar-refractivity contribution in [2.75, 3.05) is 65.9 Å². The summed E-state index contributed by atoms with van der Waals surface area (Å²) in [5.41, 5.74) is 10.4. The number of Topliss-reactive ketones (excluding diaryl/α,β-unsaturated/α-hetero) is 1. The van der Waals surface area contributed by atoms with Crippen LogP contribution in [0.4, 0.5) is 0 Å². The molecule has 2 aromatic heterocycles. The number of rotatable bonds is 25. The molecule has 15 heteroatoms. The van der Waals surface area contributed by atoms with Gasteiger partial charge in [0.1, 0.15) is 11.8 Å². The SMILES string of the molecule is Cc1ncsc1-c1ccc([C@H](C)NC(=O)[C@@H]2C[C@@H](O)CN2C(=O)[C@@H](CC(=O)CCOCCOCCOCCOCCNC(=O)CCc2ccc3c(c2)Cc2ccncc2-3)C(C)(C)C)cc1. The molecular formula is C50H65N5O9S. The van der Waals surface area contributed by atoms with Gasteiger partial charge in [0.2, 0.25) is 17.7 Å². The topological polar surface area (TPSA) is 179 Å². The van der Waals surface area contributed by atoms with Crippen molar-refractivity contribution in [3.8, 4) is 21.6 Å². The van der Waals surface area contributed by atoms with E-state index < -0.39 is 23.5 Å². The second-order valence-corrected chi connectivity index (χ2v) is 18.8. The maximum atomic E-state index is 14.0. The van der Waals surface area contributed by atoms with Crippen molar-refractivity contribution in [2.24, 2.45) is 11.3 Å². The molecule has 1 fully saturated rings. The zero-order valence-electron chi connectivity index (χ0n) is 38.4. The van der Waals surface area contributed by atoms with Crippen LogP contribution in [-0.2, 0) is 51.0 Å². The zero-order valence-corrected chi connectivity index (χ0v) is 39.3. The lowest BCUT2D eigenvalue weighted by Crippen LogP contribution is -2.50. The van der Waals surface area contributed by atoms with Gasteiger partial charge in [0.25, 0.3) is 0 Å². The smallest absolute Gasteiger partial charge is 0.243 e. The number of aliphatic hydroxyl groups is 1. The molecule has 0 spiro atoms. The van der Waals surface area contributed by atoms with Crippen LogP contribution in [0.3, 0.4) is 0 Å². The number of ketones is 1. The maximum absolute atomic E-state index is 14.0. The first kappa shape index (κ1) is 49.5. The highest BCUT2D eigenvalue weighted by atomic mass is 32.1. The Labute approximate surface area is 386 Å². The molecule has 6 rings (SSSR count). The van der Waals surface area contributed by atoms with Crippen molar-refractivity contribution in [2.45, 2.75) is 91.3 Å². The third-order valence-corrected chi connectivity index (χ3v) is 13.0. The molecule has 1 aliphatic heterocycles. The first-order valence-corrected chi connectivity index (χ1v) is 23.6. The van der Waals surface area contributed by atoms with Gasteiger partial charge in [-0.15, -0.1) is 11.3 Å². The lowest BCUT2D eigenvalue weighted by molar-refractivity contribution is -0.146. The number of β-amino-alcohol motifs (C(OH)–C–C–N with tert-alkyl or cyclic N) is 1. The summed E-state index contributed by atoms with van der Waals surface area (Å²) in [5, 5.41) is 16.6. The van der Waals surface area contributed by atoms with E-state index in [0.29, 0.717) is 65.6 Å². The first-order chi connectivity index (χ1) is 31.3. The number of pyridine rings is 1. The maximum Gasteiger partial charge on any atom is 0.243 e. The number of carbonyl (C=O) groups is 4. The lowest BCUT2D eigenvalue weighted by atomic mass is 9.76. The molecule has 2 aliphatic rings. The van der Waals surface area contributed by atoms with Gasteiger partial charge in [-0.2, -0.15) is 0 Å². The molecule has 65 heavy (non-hydrogen) atoms. The van der Waals surface area contributed by atoms with Gasteiger partial charge in [-0.1, -0.05) is 63.2 Å². The van der Waals surface area contributed by atoms with Gasteiger partial charge >= 0.3 is 0 Å². The number of hydrogen-bond donors (Lipinski definition) is 3. The lowest BCUT2D eigenvalue weighted by Gasteiger charge is -2.35. The monoisotopic (exact) mass is 911 g/mol. The fourth-order valence-corrected chi connectivity index (χ4v) is 9.10. The minimum Gasteiger partial charge on any atom is -0.391 e. The Morgan fingerprint density at radius 2 is 1.57 bits per heavy atom. The predicted molar refractivity (Wildman–Crippen MR) is 249 cm³/mol. The van der Waals surface area contributed by atoms with E-state index in [1.54, 1.807) is 11.3 Å².